The number of hydrogen-bond acceptors (Lipinski definition) is 3. The molecule has 1 aliphatic rings. The molecule has 1 aliphatic heterocycles. The number of ether oxygens (including phenoxy) is 1. The maximum Gasteiger partial charge on any atom is 0.322 e. The molecule has 1 atom stereocenters. The number of hydrogen-bond donors (Lipinski definition) is 2. The molecule has 0 bridgehead atoms. The summed E-state index contributed by atoms with van der Waals surface area (Å²) in [6.45, 7) is 7.90. The molecule has 2 rings (SSSR count). The van der Waals surface area contributed by atoms with Gasteiger partial charge in [0.2, 0.25) is 0 Å². The minimum atomic E-state index is -0.280. The number of amides is 2. The lowest BCUT2D eigenvalue weighted by molar-refractivity contribution is -0.0249. The van der Waals surface area contributed by atoms with Gasteiger partial charge in [-0.2, -0.15) is 0 Å². The molecule has 5 heteroatoms. The summed E-state index contributed by atoms with van der Waals surface area (Å²) in [6.07, 6.45) is 0. The van der Waals surface area contributed by atoms with Crippen molar-refractivity contribution >= 4 is 11.7 Å². The molecular weight excluding hydrogens is 266 g/mol. The van der Waals surface area contributed by atoms with Crippen LogP contribution in [0.4, 0.5) is 10.5 Å². The third-order valence-corrected chi connectivity index (χ3v) is 3.96. The van der Waals surface area contributed by atoms with Gasteiger partial charge in [0.1, 0.15) is 0 Å². The van der Waals surface area contributed by atoms with Crippen LogP contribution in [0.5, 0.6) is 0 Å². The molecule has 5 nitrogen and oxygen atoms in total. The van der Waals surface area contributed by atoms with Crippen LogP contribution in [0, 0.1) is 0 Å². The van der Waals surface area contributed by atoms with Crippen LogP contribution < -0.4 is 10.6 Å². The van der Waals surface area contributed by atoms with Crippen LogP contribution in [0.25, 0.3) is 0 Å². The van der Waals surface area contributed by atoms with Crippen molar-refractivity contribution in [1.29, 1.82) is 0 Å². The molecule has 116 valence electrons. The van der Waals surface area contributed by atoms with Crippen LogP contribution in [0.15, 0.2) is 24.3 Å². The average molecular weight is 291 g/mol. The molecule has 1 heterocycles. The molecule has 1 aromatic rings. The van der Waals surface area contributed by atoms with E-state index in [4.69, 9.17) is 4.74 Å². The van der Waals surface area contributed by atoms with E-state index in [9.17, 15) is 4.79 Å². The molecule has 1 aromatic carbocycles. The molecule has 21 heavy (non-hydrogen) atoms. The molecule has 0 spiro atoms. The van der Waals surface area contributed by atoms with Crippen molar-refractivity contribution in [2.45, 2.75) is 32.4 Å². The molecule has 2 N–H and O–H groups in total. The standard InChI is InChI=1S/C16H25N3O2/c1-12(17-4)13-6-5-7-14(10-13)18-15(20)19-8-9-21-11-16(19,2)3/h5-7,10,12,17H,8-9,11H2,1-4H3,(H,18,20). The number of carbonyl (C=O) groups excluding carboxylic acids is 1. The van der Waals surface area contributed by atoms with Gasteiger partial charge < -0.3 is 20.3 Å². The summed E-state index contributed by atoms with van der Waals surface area (Å²) >= 11 is 0. The van der Waals surface area contributed by atoms with Gasteiger partial charge in [0.15, 0.2) is 0 Å². The van der Waals surface area contributed by atoms with Crippen molar-refractivity contribution < 1.29 is 9.53 Å². The summed E-state index contributed by atoms with van der Waals surface area (Å²) < 4.78 is 5.45. The second-order valence-electron chi connectivity index (χ2n) is 6.08. The highest BCUT2D eigenvalue weighted by molar-refractivity contribution is 5.90. The van der Waals surface area contributed by atoms with Crippen LogP contribution in [-0.4, -0.2) is 43.3 Å². The maximum absolute atomic E-state index is 12.5. The monoisotopic (exact) mass is 291 g/mol. The van der Waals surface area contributed by atoms with E-state index >= 15 is 0 Å². The summed E-state index contributed by atoms with van der Waals surface area (Å²) in [5.41, 5.74) is 1.69. The number of anilines is 1. The second kappa shape index (κ2) is 6.45. The minimum Gasteiger partial charge on any atom is -0.377 e. The van der Waals surface area contributed by atoms with Crippen LogP contribution in [-0.2, 0) is 4.74 Å². The number of rotatable bonds is 3. The van der Waals surface area contributed by atoms with Gasteiger partial charge in [-0.1, -0.05) is 12.1 Å². The zero-order valence-electron chi connectivity index (χ0n) is 13.3. The third-order valence-electron chi connectivity index (χ3n) is 3.96. The molecule has 2 amide bonds. The lowest BCUT2D eigenvalue weighted by Crippen LogP contribution is -2.56. The largest absolute Gasteiger partial charge is 0.377 e. The van der Waals surface area contributed by atoms with Gasteiger partial charge in [-0.3, -0.25) is 0 Å². The highest BCUT2D eigenvalue weighted by Gasteiger charge is 2.34. The SMILES string of the molecule is CNC(C)c1cccc(NC(=O)N2CCOCC2(C)C)c1. The Bertz CT molecular complexity index is 502. The van der Waals surface area contributed by atoms with E-state index in [0.717, 1.165) is 11.3 Å². The van der Waals surface area contributed by atoms with Gasteiger partial charge in [-0.25, -0.2) is 4.79 Å². The fraction of sp³-hybridized carbons (Fsp3) is 0.562. The van der Waals surface area contributed by atoms with E-state index in [1.54, 1.807) is 0 Å². The highest BCUT2D eigenvalue weighted by Crippen LogP contribution is 2.22. The van der Waals surface area contributed by atoms with Crippen molar-refractivity contribution in [2.24, 2.45) is 0 Å². The lowest BCUT2D eigenvalue weighted by atomic mass is 10.0. The zero-order chi connectivity index (χ0) is 15.5. The Labute approximate surface area is 126 Å². The van der Waals surface area contributed by atoms with Gasteiger partial charge in [0.05, 0.1) is 18.8 Å². The molecule has 0 radical (unpaired) electrons. The first-order valence-corrected chi connectivity index (χ1v) is 7.37. The Morgan fingerprint density at radius 2 is 2.19 bits per heavy atom. The average Bonchev–Trinajstić information content (AvgIpc) is 2.46. The first kappa shape index (κ1) is 15.8. The van der Waals surface area contributed by atoms with E-state index < -0.39 is 0 Å². The van der Waals surface area contributed by atoms with Crippen LogP contribution in [0.1, 0.15) is 32.4 Å². The maximum atomic E-state index is 12.5. The minimum absolute atomic E-state index is 0.0717. The third kappa shape index (κ3) is 3.74. The topological polar surface area (TPSA) is 53.6 Å². The van der Waals surface area contributed by atoms with Gasteiger partial charge in [0.25, 0.3) is 0 Å². The number of benzene rings is 1. The predicted molar refractivity (Wildman–Crippen MR) is 84.5 cm³/mol. The Kier molecular flexibility index (Phi) is 4.85. The fourth-order valence-electron chi connectivity index (χ4n) is 2.48. The molecule has 1 unspecified atom stereocenters. The number of morpholine rings is 1. The van der Waals surface area contributed by atoms with Crippen molar-refractivity contribution in [2.75, 3.05) is 32.1 Å². The Morgan fingerprint density at radius 3 is 2.86 bits per heavy atom. The second-order valence-corrected chi connectivity index (χ2v) is 6.08. The van der Waals surface area contributed by atoms with Crippen molar-refractivity contribution in [1.82, 2.24) is 10.2 Å². The molecule has 0 aliphatic carbocycles. The summed E-state index contributed by atoms with van der Waals surface area (Å²) in [6, 6.07) is 8.11. The summed E-state index contributed by atoms with van der Waals surface area (Å²) in [7, 11) is 1.92. The number of carbonyl (C=O) groups is 1. The zero-order valence-corrected chi connectivity index (χ0v) is 13.3. The Hall–Kier alpha value is -1.59. The predicted octanol–water partition coefficient (Wildman–Crippen LogP) is 2.61. The van der Waals surface area contributed by atoms with Crippen molar-refractivity contribution in [3.8, 4) is 0 Å². The molecule has 0 aromatic heterocycles. The van der Waals surface area contributed by atoms with E-state index in [0.29, 0.717) is 19.8 Å². The van der Waals surface area contributed by atoms with Gasteiger partial charge >= 0.3 is 6.03 Å². The Balaban J connectivity index is 2.09. The van der Waals surface area contributed by atoms with Gasteiger partial charge in [-0.15, -0.1) is 0 Å². The first-order chi connectivity index (χ1) is 9.94. The van der Waals surface area contributed by atoms with E-state index in [-0.39, 0.29) is 17.6 Å². The van der Waals surface area contributed by atoms with Gasteiger partial charge in [-0.05, 0) is 45.5 Å². The number of urea groups is 1. The van der Waals surface area contributed by atoms with Crippen molar-refractivity contribution in [3.63, 3.8) is 0 Å². The lowest BCUT2D eigenvalue weighted by Gasteiger charge is -2.41. The first-order valence-electron chi connectivity index (χ1n) is 7.37. The quantitative estimate of drug-likeness (QED) is 0.900. The number of nitrogens with one attached hydrogen (secondary N) is 2. The van der Waals surface area contributed by atoms with E-state index in [2.05, 4.69) is 23.6 Å². The van der Waals surface area contributed by atoms with E-state index in [1.165, 1.54) is 0 Å². The smallest absolute Gasteiger partial charge is 0.322 e. The molecular formula is C16H25N3O2. The fourth-order valence-corrected chi connectivity index (χ4v) is 2.48. The number of nitrogens with zero attached hydrogens (tertiary/aromatic N) is 1. The normalized spacial score (nSPS) is 19.1. The van der Waals surface area contributed by atoms with Crippen molar-refractivity contribution in [3.05, 3.63) is 29.8 Å². The highest BCUT2D eigenvalue weighted by atomic mass is 16.5. The van der Waals surface area contributed by atoms with Crippen LogP contribution in [0.2, 0.25) is 0 Å². The summed E-state index contributed by atoms with van der Waals surface area (Å²) in [4.78, 5) is 14.3. The summed E-state index contributed by atoms with van der Waals surface area (Å²) in [5.74, 6) is 0. The van der Waals surface area contributed by atoms with Crippen LogP contribution in [0.3, 0.4) is 0 Å². The van der Waals surface area contributed by atoms with Gasteiger partial charge in [0, 0.05) is 18.3 Å². The molecule has 1 fully saturated rings. The Morgan fingerprint density at radius 1 is 1.43 bits per heavy atom. The molecule has 0 saturated carbocycles. The molecule has 1 saturated heterocycles. The summed E-state index contributed by atoms with van der Waals surface area (Å²) in [5, 5.41) is 6.19. The van der Waals surface area contributed by atoms with E-state index in [1.807, 2.05) is 44.0 Å². The van der Waals surface area contributed by atoms with Crippen LogP contribution >= 0.6 is 0 Å².